The Morgan fingerprint density at radius 1 is 1.15 bits per heavy atom. The Hall–Kier alpha value is -2.76. The maximum absolute atomic E-state index is 11.8. The summed E-state index contributed by atoms with van der Waals surface area (Å²) < 4.78 is 0. The average molecular weight is 271 g/mol. The van der Waals surface area contributed by atoms with Gasteiger partial charge in [0.25, 0.3) is 0 Å². The molecule has 0 spiro atoms. The third-order valence-electron chi connectivity index (χ3n) is 2.69. The van der Waals surface area contributed by atoms with Crippen LogP contribution < -0.4 is 5.32 Å². The molecule has 0 bridgehead atoms. The third kappa shape index (κ3) is 3.61. The predicted molar refractivity (Wildman–Crippen MR) is 72.4 cm³/mol. The van der Waals surface area contributed by atoms with Crippen LogP contribution in [-0.2, 0) is 11.2 Å². The third-order valence-corrected chi connectivity index (χ3v) is 2.69. The van der Waals surface area contributed by atoms with Gasteiger partial charge in [-0.1, -0.05) is 0 Å². The molecule has 0 aromatic carbocycles. The lowest BCUT2D eigenvalue weighted by atomic mass is 10.1. The minimum absolute atomic E-state index is 0.0234. The van der Waals surface area contributed by atoms with E-state index in [1.165, 1.54) is 18.3 Å². The van der Waals surface area contributed by atoms with Crippen LogP contribution in [0.25, 0.3) is 0 Å². The number of aryl methyl sites for hydroxylation is 1. The highest BCUT2D eigenvalue weighted by atomic mass is 16.4. The van der Waals surface area contributed by atoms with E-state index in [0.717, 1.165) is 5.56 Å². The van der Waals surface area contributed by atoms with E-state index in [9.17, 15) is 9.59 Å². The van der Waals surface area contributed by atoms with Crippen LogP contribution in [0.2, 0.25) is 0 Å². The van der Waals surface area contributed by atoms with E-state index >= 15 is 0 Å². The Morgan fingerprint density at radius 2 is 1.90 bits per heavy atom. The number of carboxylic acids is 1. The van der Waals surface area contributed by atoms with E-state index < -0.39 is 5.97 Å². The van der Waals surface area contributed by atoms with Crippen molar-refractivity contribution >= 4 is 17.7 Å². The highest BCUT2D eigenvalue weighted by Gasteiger charge is 2.12. The molecule has 1 amide bonds. The van der Waals surface area contributed by atoms with Crippen LogP contribution >= 0.6 is 0 Å². The minimum Gasteiger partial charge on any atom is -0.478 e. The molecule has 2 aromatic heterocycles. The standard InChI is InChI=1S/C14H13N3O3/c18-12(4-3-10-5-8-15-9-6-10)17-13-11(14(19)20)2-1-7-16-13/h1-2,5-9H,3-4H2,(H,19,20)(H,16,17,18). The van der Waals surface area contributed by atoms with Crippen molar-refractivity contribution in [3.8, 4) is 0 Å². The maximum atomic E-state index is 11.8. The summed E-state index contributed by atoms with van der Waals surface area (Å²) in [6, 6.07) is 6.57. The summed E-state index contributed by atoms with van der Waals surface area (Å²) >= 11 is 0. The number of aromatic nitrogens is 2. The number of carboxylic acid groups (broad SMARTS) is 1. The molecule has 0 radical (unpaired) electrons. The molecule has 6 heteroatoms. The first kappa shape index (κ1) is 13.7. The fraction of sp³-hybridized carbons (Fsp3) is 0.143. The van der Waals surface area contributed by atoms with Crippen molar-refractivity contribution in [1.29, 1.82) is 0 Å². The number of rotatable bonds is 5. The van der Waals surface area contributed by atoms with Crippen LogP contribution in [0.1, 0.15) is 22.3 Å². The highest BCUT2D eigenvalue weighted by molar-refractivity contribution is 5.99. The van der Waals surface area contributed by atoms with Crippen molar-refractivity contribution in [3.05, 3.63) is 54.0 Å². The van der Waals surface area contributed by atoms with Crippen LogP contribution in [0, 0.1) is 0 Å². The van der Waals surface area contributed by atoms with Gasteiger partial charge in [0.15, 0.2) is 0 Å². The lowest BCUT2D eigenvalue weighted by Gasteiger charge is -2.07. The molecule has 2 aromatic rings. The number of nitrogens with zero attached hydrogens (tertiary/aromatic N) is 2. The van der Waals surface area contributed by atoms with Gasteiger partial charge < -0.3 is 10.4 Å². The van der Waals surface area contributed by atoms with Crippen molar-refractivity contribution in [1.82, 2.24) is 9.97 Å². The van der Waals surface area contributed by atoms with Crippen LogP contribution in [0.15, 0.2) is 42.9 Å². The molecule has 0 fully saturated rings. The highest BCUT2D eigenvalue weighted by Crippen LogP contribution is 2.12. The zero-order valence-electron chi connectivity index (χ0n) is 10.6. The van der Waals surface area contributed by atoms with Crippen molar-refractivity contribution in [2.24, 2.45) is 0 Å². The van der Waals surface area contributed by atoms with Gasteiger partial charge >= 0.3 is 5.97 Å². The van der Waals surface area contributed by atoms with Gasteiger partial charge in [0.2, 0.25) is 5.91 Å². The number of aromatic carboxylic acids is 1. The molecule has 2 N–H and O–H groups in total. The first-order valence-corrected chi connectivity index (χ1v) is 6.04. The number of hydrogen-bond donors (Lipinski definition) is 2. The molecule has 102 valence electrons. The average Bonchev–Trinajstić information content (AvgIpc) is 2.46. The fourth-order valence-corrected chi connectivity index (χ4v) is 1.68. The first-order valence-electron chi connectivity index (χ1n) is 6.04. The number of carbonyl (C=O) groups excluding carboxylic acids is 1. The summed E-state index contributed by atoms with van der Waals surface area (Å²) in [6.45, 7) is 0. The van der Waals surface area contributed by atoms with E-state index in [1.807, 2.05) is 12.1 Å². The number of carbonyl (C=O) groups is 2. The molecule has 0 aliphatic carbocycles. The second-order valence-electron chi connectivity index (χ2n) is 4.11. The molecule has 2 rings (SSSR count). The van der Waals surface area contributed by atoms with Gasteiger partial charge in [-0.05, 0) is 36.2 Å². The summed E-state index contributed by atoms with van der Waals surface area (Å²) in [7, 11) is 0. The first-order chi connectivity index (χ1) is 9.66. The normalized spacial score (nSPS) is 10.0. The van der Waals surface area contributed by atoms with Gasteiger partial charge in [0.05, 0.1) is 0 Å². The van der Waals surface area contributed by atoms with Crippen LogP contribution in [0.5, 0.6) is 0 Å². The Labute approximate surface area is 115 Å². The Kier molecular flexibility index (Phi) is 4.39. The number of amides is 1. The topological polar surface area (TPSA) is 92.2 Å². The molecule has 0 aliphatic rings. The molecule has 0 unspecified atom stereocenters. The smallest absolute Gasteiger partial charge is 0.339 e. The number of pyridine rings is 2. The van der Waals surface area contributed by atoms with Crippen molar-refractivity contribution in [3.63, 3.8) is 0 Å². The molecule has 0 aliphatic heterocycles. The summed E-state index contributed by atoms with van der Waals surface area (Å²) in [5, 5.41) is 11.5. The molecular formula is C14H13N3O3. The zero-order chi connectivity index (χ0) is 14.4. The van der Waals surface area contributed by atoms with Gasteiger partial charge in [0, 0.05) is 25.0 Å². The fourth-order valence-electron chi connectivity index (χ4n) is 1.68. The largest absolute Gasteiger partial charge is 0.478 e. The number of hydrogen-bond acceptors (Lipinski definition) is 4. The second kappa shape index (κ2) is 6.42. The van der Waals surface area contributed by atoms with E-state index in [4.69, 9.17) is 5.11 Å². The summed E-state index contributed by atoms with van der Waals surface area (Å²) in [5.41, 5.74) is 0.972. The van der Waals surface area contributed by atoms with Gasteiger partial charge in [-0.2, -0.15) is 0 Å². The Bertz CT molecular complexity index is 614. The lowest BCUT2D eigenvalue weighted by Crippen LogP contribution is -2.16. The number of nitrogens with one attached hydrogen (secondary N) is 1. The summed E-state index contributed by atoms with van der Waals surface area (Å²) in [4.78, 5) is 30.6. The Balaban J connectivity index is 1.97. The van der Waals surface area contributed by atoms with Crippen molar-refractivity contribution in [2.75, 3.05) is 5.32 Å². The molecule has 0 atom stereocenters. The van der Waals surface area contributed by atoms with E-state index in [-0.39, 0.29) is 23.7 Å². The van der Waals surface area contributed by atoms with Crippen LogP contribution in [0.4, 0.5) is 5.82 Å². The van der Waals surface area contributed by atoms with E-state index in [1.54, 1.807) is 12.4 Å². The van der Waals surface area contributed by atoms with Gasteiger partial charge in [-0.25, -0.2) is 9.78 Å². The second-order valence-corrected chi connectivity index (χ2v) is 4.11. The van der Waals surface area contributed by atoms with Gasteiger partial charge in [0.1, 0.15) is 11.4 Å². The quantitative estimate of drug-likeness (QED) is 0.864. The van der Waals surface area contributed by atoms with Gasteiger partial charge in [-0.3, -0.25) is 9.78 Å². The maximum Gasteiger partial charge on any atom is 0.339 e. The minimum atomic E-state index is -1.12. The predicted octanol–water partition coefficient (Wildman–Crippen LogP) is 1.75. The molecular weight excluding hydrogens is 258 g/mol. The SMILES string of the molecule is O=C(CCc1ccncc1)Nc1ncccc1C(=O)O. The zero-order valence-corrected chi connectivity index (χ0v) is 10.6. The molecule has 2 heterocycles. The van der Waals surface area contributed by atoms with Crippen LogP contribution in [0.3, 0.4) is 0 Å². The van der Waals surface area contributed by atoms with Crippen LogP contribution in [-0.4, -0.2) is 27.0 Å². The molecule has 20 heavy (non-hydrogen) atoms. The summed E-state index contributed by atoms with van der Waals surface area (Å²) in [5.74, 6) is -1.33. The molecule has 0 saturated carbocycles. The number of anilines is 1. The molecule has 6 nitrogen and oxygen atoms in total. The van der Waals surface area contributed by atoms with Gasteiger partial charge in [-0.15, -0.1) is 0 Å². The van der Waals surface area contributed by atoms with E-state index in [2.05, 4.69) is 15.3 Å². The van der Waals surface area contributed by atoms with Crippen molar-refractivity contribution in [2.45, 2.75) is 12.8 Å². The lowest BCUT2D eigenvalue weighted by molar-refractivity contribution is -0.116. The monoisotopic (exact) mass is 271 g/mol. The van der Waals surface area contributed by atoms with E-state index in [0.29, 0.717) is 6.42 Å². The Morgan fingerprint density at radius 3 is 2.60 bits per heavy atom. The van der Waals surface area contributed by atoms with Crippen molar-refractivity contribution < 1.29 is 14.7 Å². The summed E-state index contributed by atoms with van der Waals surface area (Å²) in [6.07, 6.45) is 5.57. The molecule has 0 saturated heterocycles.